The van der Waals surface area contributed by atoms with Crippen LogP contribution in [0.5, 0.6) is 0 Å². The summed E-state index contributed by atoms with van der Waals surface area (Å²) < 4.78 is 5.47. The zero-order chi connectivity index (χ0) is 17.4. The van der Waals surface area contributed by atoms with E-state index in [4.69, 9.17) is 4.74 Å². The largest absolute Gasteiger partial charge is 0.389 e. The second-order valence-electron chi connectivity index (χ2n) is 6.88. The number of amides is 1. The number of nitrogens with zero attached hydrogens (tertiary/aromatic N) is 1. The summed E-state index contributed by atoms with van der Waals surface area (Å²) in [4.78, 5) is 14.4. The molecule has 2 N–H and O–H groups in total. The maximum Gasteiger partial charge on any atom is 0.251 e. The second kappa shape index (κ2) is 9.77. The molecule has 0 saturated carbocycles. The van der Waals surface area contributed by atoms with Crippen LogP contribution >= 0.6 is 0 Å². The Labute approximate surface area is 145 Å². The Bertz CT molecular complexity index is 493. The minimum absolute atomic E-state index is 0.0157. The molecule has 24 heavy (non-hydrogen) atoms. The molecule has 1 saturated heterocycles. The average Bonchev–Trinajstić information content (AvgIpc) is 2.59. The highest BCUT2D eigenvalue weighted by atomic mass is 16.5. The lowest BCUT2D eigenvalue weighted by molar-refractivity contribution is -0.0134. The van der Waals surface area contributed by atoms with E-state index < -0.39 is 6.10 Å². The molecule has 1 amide bonds. The van der Waals surface area contributed by atoms with Gasteiger partial charge in [0.15, 0.2) is 0 Å². The second-order valence-corrected chi connectivity index (χ2v) is 6.88. The van der Waals surface area contributed by atoms with E-state index in [2.05, 4.69) is 10.2 Å². The van der Waals surface area contributed by atoms with Gasteiger partial charge in [0, 0.05) is 25.2 Å². The molecule has 5 heteroatoms. The number of hydrogen-bond acceptors (Lipinski definition) is 4. The molecule has 134 valence electrons. The van der Waals surface area contributed by atoms with E-state index in [1.54, 1.807) is 0 Å². The van der Waals surface area contributed by atoms with Crippen molar-refractivity contribution in [1.29, 1.82) is 0 Å². The molecule has 0 aliphatic carbocycles. The lowest BCUT2D eigenvalue weighted by Crippen LogP contribution is -2.44. The maximum absolute atomic E-state index is 12.1. The summed E-state index contributed by atoms with van der Waals surface area (Å²) >= 11 is 0. The molecule has 5 nitrogen and oxygen atoms in total. The summed E-state index contributed by atoms with van der Waals surface area (Å²) in [6.45, 7) is 7.55. The van der Waals surface area contributed by atoms with Crippen molar-refractivity contribution in [3.05, 3.63) is 35.9 Å². The number of piperidine rings is 1. The standard InChI is InChI=1S/C19H30N2O3/c1-15(2)24-14-18(22)13-21-10-6-7-16(12-21)11-20-19(23)17-8-4-3-5-9-17/h3-5,8-9,15-16,18,22H,6-7,10-14H2,1-2H3,(H,20,23). The Morgan fingerprint density at radius 2 is 2.12 bits per heavy atom. The van der Waals surface area contributed by atoms with Crippen LogP contribution in [0, 0.1) is 5.92 Å². The van der Waals surface area contributed by atoms with E-state index in [0.717, 1.165) is 25.9 Å². The Hall–Kier alpha value is -1.43. The number of carbonyl (C=O) groups excluding carboxylic acids is 1. The van der Waals surface area contributed by atoms with Crippen LogP contribution in [0.1, 0.15) is 37.0 Å². The number of aliphatic hydroxyl groups is 1. The highest BCUT2D eigenvalue weighted by Crippen LogP contribution is 2.16. The van der Waals surface area contributed by atoms with E-state index >= 15 is 0 Å². The van der Waals surface area contributed by atoms with Crippen molar-refractivity contribution in [3.8, 4) is 0 Å². The summed E-state index contributed by atoms with van der Waals surface area (Å²) in [6, 6.07) is 9.31. The third kappa shape index (κ3) is 6.59. The lowest BCUT2D eigenvalue weighted by atomic mass is 9.97. The number of carbonyl (C=O) groups is 1. The van der Waals surface area contributed by atoms with E-state index in [1.807, 2.05) is 44.2 Å². The Morgan fingerprint density at radius 1 is 1.38 bits per heavy atom. The summed E-state index contributed by atoms with van der Waals surface area (Å²) in [6.07, 6.45) is 1.90. The van der Waals surface area contributed by atoms with Crippen molar-refractivity contribution in [3.63, 3.8) is 0 Å². The maximum atomic E-state index is 12.1. The first-order valence-corrected chi connectivity index (χ1v) is 8.90. The topological polar surface area (TPSA) is 61.8 Å². The quantitative estimate of drug-likeness (QED) is 0.762. The number of benzene rings is 1. The number of likely N-dealkylation sites (tertiary alicyclic amines) is 1. The molecular weight excluding hydrogens is 304 g/mol. The number of aliphatic hydroxyl groups excluding tert-OH is 1. The molecule has 2 unspecified atom stereocenters. The third-order valence-electron chi connectivity index (χ3n) is 4.28. The molecule has 0 aromatic heterocycles. The number of hydrogen-bond donors (Lipinski definition) is 2. The highest BCUT2D eigenvalue weighted by Gasteiger charge is 2.22. The zero-order valence-corrected chi connectivity index (χ0v) is 14.8. The van der Waals surface area contributed by atoms with Crippen LogP contribution in [0.15, 0.2) is 30.3 Å². The van der Waals surface area contributed by atoms with Crippen molar-refractivity contribution >= 4 is 5.91 Å². The van der Waals surface area contributed by atoms with Crippen molar-refractivity contribution in [2.24, 2.45) is 5.92 Å². The fourth-order valence-electron chi connectivity index (χ4n) is 3.07. The number of ether oxygens (including phenoxy) is 1. The van der Waals surface area contributed by atoms with E-state index in [9.17, 15) is 9.90 Å². The van der Waals surface area contributed by atoms with Gasteiger partial charge in [0.25, 0.3) is 5.91 Å². The van der Waals surface area contributed by atoms with Crippen molar-refractivity contribution < 1.29 is 14.6 Å². The van der Waals surface area contributed by atoms with Crippen molar-refractivity contribution in [2.45, 2.75) is 38.9 Å². The normalized spacial score (nSPS) is 20.1. The van der Waals surface area contributed by atoms with Gasteiger partial charge in [0.2, 0.25) is 0 Å². The molecule has 0 radical (unpaired) electrons. The zero-order valence-electron chi connectivity index (χ0n) is 14.8. The van der Waals surface area contributed by atoms with E-state index in [-0.39, 0.29) is 12.0 Å². The smallest absolute Gasteiger partial charge is 0.251 e. The Kier molecular flexibility index (Phi) is 7.69. The Morgan fingerprint density at radius 3 is 2.83 bits per heavy atom. The first kappa shape index (κ1) is 18.9. The van der Waals surface area contributed by atoms with Crippen molar-refractivity contribution in [1.82, 2.24) is 10.2 Å². The Balaban J connectivity index is 1.71. The lowest BCUT2D eigenvalue weighted by Gasteiger charge is -2.34. The van der Waals surface area contributed by atoms with Gasteiger partial charge < -0.3 is 20.1 Å². The van der Waals surface area contributed by atoms with Gasteiger partial charge in [-0.1, -0.05) is 18.2 Å². The van der Waals surface area contributed by atoms with Crippen LogP contribution in [0.3, 0.4) is 0 Å². The van der Waals surface area contributed by atoms with Crippen LogP contribution in [0.4, 0.5) is 0 Å². The van der Waals surface area contributed by atoms with Gasteiger partial charge in [-0.15, -0.1) is 0 Å². The van der Waals surface area contributed by atoms with E-state index in [1.165, 1.54) is 0 Å². The van der Waals surface area contributed by atoms with Crippen LogP contribution in [-0.4, -0.2) is 60.9 Å². The minimum atomic E-state index is -0.454. The fourth-order valence-corrected chi connectivity index (χ4v) is 3.07. The molecule has 0 spiro atoms. The highest BCUT2D eigenvalue weighted by molar-refractivity contribution is 5.94. The predicted octanol–water partition coefficient (Wildman–Crippen LogP) is 1.91. The number of nitrogens with one attached hydrogen (secondary N) is 1. The van der Waals surface area contributed by atoms with Crippen molar-refractivity contribution in [2.75, 3.05) is 32.8 Å². The summed E-state index contributed by atoms with van der Waals surface area (Å²) in [5.41, 5.74) is 0.700. The molecule has 2 atom stereocenters. The van der Waals surface area contributed by atoms with Gasteiger partial charge in [-0.05, 0) is 51.3 Å². The van der Waals surface area contributed by atoms with Gasteiger partial charge in [0.05, 0.1) is 18.8 Å². The molecular formula is C19H30N2O3. The SMILES string of the molecule is CC(C)OCC(O)CN1CCCC(CNC(=O)c2ccccc2)C1. The molecule has 1 aromatic carbocycles. The van der Waals surface area contributed by atoms with Crippen LogP contribution < -0.4 is 5.32 Å². The van der Waals surface area contributed by atoms with Gasteiger partial charge in [-0.25, -0.2) is 0 Å². The monoisotopic (exact) mass is 334 g/mol. The molecule has 1 fully saturated rings. The summed E-state index contributed by atoms with van der Waals surface area (Å²) in [5, 5.41) is 13.1. The molecule has 1 aliphatic heterocycles. The molecule has 1 aromatic rings. The van der Waals surface area contributed by atoms with Gasteiger partial charge >= 0.3 is 0 Å². The van der Waals surface area contributed by atoms with Crippen LogP contribution in [-0.2, 0) is 4.74 Å². The van der Waals surface area contributed by atoms with Gasteiger partial charge in [-0.2, -0.15) is 0 Å². The number of β-amino-alcohol motifs (C(OH)–C–C–N with tert-alkyl or cyclic N) is 1. The minimum Gasteiger partial charge on any atom is -0.389 e. The van der Waals surface area contributed by atoms with Gasteiger partial charge in [-0.3, -0.25) is 4.79 Å². The molecule has 0 bridgehead atoms. The van der Waals surface area contributed by atoms with Gasteiger partial charge in [0.1, 0.15) is 0 Å². The number of rotatable bonds is 8. The first-order chi connectivity index (χ1) is 11.5. The summed E-state index contributed by atoms with van der Waals surface area (Å²) in [5.74, 6) is 0.419. The first-order valence-electron chi connectivity index (χ1n) is 8.90. The predicted molar refractivity (Wildman–Crippen MR) is 95.0 cm³/mol. The third-order valence-corrected chi connectivity index (χ3v) is 4.28. The average molecular weight is 334 g/mol. The summed E-state index contributed by atoms with van der Waals surface area (Å²) in [7, 11) is 0. The molecule has 1 heterocycles. The molecule has 1 aliphatic rings. The fraction of sp³-hybridized carbons (Fsp3) is 0.632. The van der Waals surface area contributed by atoms with Crippen LogP contribution in [0.25, 0.3) is 0 Å². The van der Waals surface area contributed by atoms with E-state index in [0.29, 0.717) is 31.2 Å². The molecule has 2 rings (SSSR count). The van der Waals surface area contributed by atoms with Crippen LogP contribution in [0.2, 0.25) is 0 Å².